The van der Waals surface area contributed by atoms with Crippen molar-refractivity contribution in [2.75, 3.05) is 32.3 Å². The number of nitrogens with zero attached hydrogens (tertiary/aromatic N) is 3. The topological polar surface area (TPSA) is 180 Å². The van der Waals surface area contributed by atoms with Gasteiger partial charge in [0.2, 0.25) is 5.91 Å². The molecule has 0 saturated carbocycles. The summed E-state index contributed by atoms with van der Waals surface area (Å²) in [6, 6.07) is 10.1. The van der Waals surface area contributed by atoms with Crippen molar-refractivity contribution in [1.82, 2.24) is 9.38 Å². The summed E-state index contributed by atoms with van der Waals surface area (Å²) in [6.45, 7) is 15.5. The molecular formula is C43H57N3O13. The Bertz CT molecular complexity index is 1980. The van der Waals surface area contributed by atoms with E-state index in [-0.39, 0.29) is 12.5 Å². The van der Waals surface area contributed by atoms with Crippen LogP contribution in [0.3, 0.4) is 0 Å². The number of imidazole rings is 1. The second kappa shape index (κ2) is 19.4. The van der Waals surface area contributed by atoms with E-state index in [1.807, 2.05) is 60.8 Å². The number of amides is 1. The van der Waals surface area contributed by atoms with Crippen LogP contribution < -0.4 is 4.90 Å². The van der Waals surface area contributed by atoms with Gasteiger partial charge >= 0.3 is 23.9 Å². The van der Waals surface area contributed by atoms with Crippen molar-refractivity contribution in [1.29, 1.82) is 0 Å². The Morgan fingerprint density at radius 1 is 0.780 bits per heavy atom. The lowest BCUT2D eigenvalue weighted by atomic mass is 9.86. The summed E-state index contributed by atoms with van der Waals surface area (Å²) in [6.07, 6.45) is -8.04. The summed E-state index contributed by atoms with van der Waals surface area (Å²) in [5.41, 5.74) is 3.89. The first-order valence-corrected chi connectivity index (χ1v) is 20.0. The van der Waals surface area contributed by atoms with E-state index >= 15 is 0 Å². The molecule has 4 heterocycles. The van der Waals surface area contributed by atoms with E-state index in [4.69, 9.17) is 42.9 Å². The summed E-state index contributed by atoms with van der Waals surface area (Å²) in [5.74, 6) is -5.55. The van der Waals surface area contributed by atoms with Crippen molar-refractivity contribution in [3.8, 4) is 0 Å². The number of pyridine rings is 1. The molecule has 1 amide bonds. The van der Waals surface area contributed by atoms with Gasteiger partial charge in [-0.1, -0.05) is 71.9 Å². The average Bonchev–Trinajstić information content (AvgIpc) is 3.50. The number of carbonyl (C=O) groups excluding carboxylic acids is 5. The number of hydrogen-bond acceptors (Lipinski definition) is 14. The van der Waals surface area contributed by atoms with E-state index in [1.54, 1.807) is 53.6 Å². The van der Waals surface area contributed by atoms with Gasteiger partial charge in [-0.2, -0.15) is 0 Å². The number of anilines is 1. The monoisotopic (exact) mass is 823 g/mol. The van der Waals surface area contributed by atoms with Gasteiger partial charge < -0.3 is 42.3 Å². The molecule has 59 heavy (non-hydrogen) atoms. The van der Waals surface area contributed by atoms with Gasteiger partial charge in [0.05, 0.1) is 42.3 Å². The Labute approximate surface area is 344 Å². The van der Waals surface area contributed by atoms with Crippen molar-refractivity contribution in [3.63, 3.8) is 0 Å². The van der Waals surface area contributed by atoms with Gasteiger partial charge in [-0.25, -0.2) is 9.78 Å². The molecule has 3 aromatic rings. The van der Waals surface area contributed by atoms with Gasteiger partial charge in [0.1, 0.15) is 12.2 Å². The second-order valence-electron chi connectivity index (χ2n) is 15.7. The zero-order chi connectivity index (χ0) is 43.3. The molecule has 0 spiro atoms. The lowest BCUT2D eigenvalue weighted by Crippen LogP contribution is -2.65. The zero-order valence-electron chi connectivity index (χ0n) is 35.7. The Morgan fingerprint density at radius 2 is 1.37 bits per heavy atom. The van der Waals surface area contributed by atoms with Crippen LogP contribution in [0, 0.1) is 31.6 Å². The molecule has 16 heteroatoms. The minimum absolute atomic E-state index is 0.195. The molecule has 1 saturated heterocycles. The van der Waals surface area contributed by atoms with Crippen molar-refractivity contribution < 1.29 is 61.9 Å². The highest BCUT2D eigenvalue weighted by molar-refractivity contribution is 5.98. The van der Waals surface area contributed by atoms with Gasteiger partial charge in [0.25, 0.3) is 0 Å². The van der Waals surface area contributed by atoms with E-state index in [1.165, 1.54) is 6.92 Å². The molecule has 8 atom stereocenters. The number of fused-ring (bicyclic) bond motifs is 3. The fourth-order valence-corrected chi connectivity index (χ4v) is 7.11. The number of ether oxygens (including phenoxy) is 8. The normalized spacial score (nSPS) is 24.3. The Balaban J connectivity index is 1.77. The number of methoxy groups -OCH3 is 2. The van der Waals surface area contributed by atoms with Gasteiger partial charge in [-0.3, -0.25) is 24.1 Å². The minimum atomic E-state index is -1.72. The number of carbonyl (C=O) groups is 5. The molecule has 1 fully saturated rings. The first-order chi connectivity index (χ1) is 28.0. The minimum Gasteiger partial charge on any atom is -0.467 e. The fourth-order valence-electron chi connectivity index (χ4n) is 7.11. The molecular weight excluding hydrogens is 766 g/mol. The number of esters is 4. The number of hydrogen-bond donors (Lipinski definition) is 0. The number of rotatable bonds is 15. The largest absolute Gasteiger partial charge is 0.467 e. The Kier molecular flexibility index (Phi) is 14.9. The quantitative estimate of drug-likeness (QED) is 0.112. The van der Waals surface area contributed by atoms with Crippen LogP contribution in [0.15, 0.2) is 42.6 Å². The van der Waals surface area contributed by atoms with Crippen LogP contribution in [0.2, 0.25) is 0 Å². The van der Waals surface area contributed by atoms with Crippen molar-refractivity contribution in [2.24, 2.45) is 17.8 Å². The Hall–Kier alpha value is -4.90. The summed E-state index contributed by atoms with van der Waals surface area (Å²) < 4.78 is 50.4. The van der Waals surface area contributed by atoms with E-state index in [2.05, 4.69) is 0 Å². The molecule has 0 aliphatic carbocycles. The molecule has 5 rings (SSSR count). The third-order valence-corrected chi connectivity index (χ3v) is 10.4. The molecule has 0 bridgehead atoms. The van der Waals surface area contributed by atoms with Gasteiger partial charge in [0.15, 0.2) is 36.4 Å². The van der Waals surface area contributed by atoms with Crippen LogP contribution in [-0.4, -0.2) is 103 Å². The first kappa shape index (κ1) is 45.2. The van der Waals surface area contributed by atoms with E-state index in [9.17, 15) is 24.0 Å². The fraction of sp³-hybridized carbons (Fsp3) is 0.581. The smallest absolute Gasteiger partial charge is 0.339 e. The number of aromatic nitrogens is 2. The maximum absolute atomic E-state index is 14.1. The average molecular weight is 824 g/mol. The molecule has 322 valence electrons. The summed E-state index contributed by atoms with van der Waals surface area (Å²) in [7, 11) is 2.71. The Morgan fingerprint density at radius 3 is 1.93 bits per heavy atom. The van der Waals surface area contributed by atoms with Gasteiger partial charge in [-0.15, -0.1) is 0 Å². The maximum Gasteiger partial charge on any atom is 0.339 e. The standard InChI is InChI=1S/C43H57N3O13/c1-22(2)39(48)55-34-35(56-40(49)23(3)4)37(57-41(50)24(5)6)43(59-36(34)42(51)53-11)58-33-30(28-16-13-12-14-17-28)46(27(9)47)31-29(32(33)54-21-15-20-52-10)18-19-45-26(8)25(7)44-38(31)45/h12-14,16-19,22-24,30,32-37,43H,15,20-21H2,1-11H3/t30-,32-,33-,34+,35+,36+,37-,43-/m1/s1. The predicted molar refractivity (Wildman–Crippen MR) is 212 cm³/mol. The maximum atomic E-state index is 14.1. The van der Waals surface area contributed by atoms with Crippen LogP contribution in [-0.2, 0) is 61.9 Å². The van der Waals surface area contributed by atoms with Crippen LogP contribution >= 0.6 is 0 Å². The molecule has 1 aromatic carbocycles. The molecule has 0 unspecified atom stereocenters. The predicted octanol–water partition coefficient (Wildman–Crippen LogP) is 5.14. The van der Waals surface area contributed by atoms with Crippen molar-refractivity contribution >= 4 is 41.1 Å². The molecule has 2 aliphatic rings. The highest BCUT2D eigenvalue weighted by Crippen LogP contribution is 2.50. The molecule has 0 radical (unpaired) electrons. The summed E-state index contributed by atoms with van der Waals surface area (Å²) >= 11 is 0. The van der Waals surface area contributed by atoms with Crippen molar-refractivity contribution in [3.05, 3.63) is 65.1 Å². The third kappa shape index (κ3) is 9.61. The highest BCUT2D eigenvalue weighted by Gasteiger charge is 2.58. The zero-order valence-corrected chi connectivity index (χ0v) is 35.7. The second-order valence-corrected chi connectivity index (χ2v) is 15.7. The van der Waals surface area contributed by atoms with Gasteiger partial charge in [-0.05, 0) is 31.9 Å². The lowest BCUT2D eigenvalue weighted by molar-refractivity contribution is -0.321. The number of aryl methyl sites for hydroxylation is 2. The summed E-state index contributed by atoms with van der Waals surface area (Å²) in [4.78, 5) is 74.5. The first-order valence-electron chi connectivity index (χ1n) is 20.0. The van der Waals surface area contributed by atoms with E-state index < -0.39 is 90.6 Å². The molecule has 0 N–H and O–H groups in total. The molecule has 16 nitrogen and oxygen atoms in total. The van der Waals surface area contributed by atoms with Crippen LogP contribution in [0.1, 0.15) is 89.5 Å². The number of benzene rings is 1. The lowest BCUT2D eigenvalue weighted by Gasteiger charge is -2.49. The summed E-state index contributed by atoms with van der Waals surface area (Å²) in [5, 5.41) is 0. The van der Waals surface area contributed by atoms with E-state index in [0.717, 1.165) is 18.5 Å². The molecule has 2 aliphatic heterocycles. The van der Waals surface area contributed by atoms with Crippen LogP contribution in [0.25, 0.3) is 5.65 Å². The van der Waals surface area contributed by atoms with Crippen LogP contribution in [0.5, 0.6) is 0 Å². The van der Waals surface area contributed by atoms with E-state index in [0.29, 0.717) is 35.5 Å². The van der Waals surface area contributed by atoms with Gasteiger partial charge in [0, 0.05) is 44.7 Å². The molecule has 2 aromatic heterocycles. The highest BCUT2D eigenvalue weighted by atomic mass is 16.7. The third-order valence-electron chi connectivity index (χ3n) is 10.4. The van der Waals surface area contributed by atoms with Crippen LogP contribution in [0.4, 0.5) is 5.69 Å². The van der Waals surface area contributed by atoms with Crippen molar-refractivity contribution in [2.45, 2.75) is 118 Å². The SMILES string of the molecule is COCCCO[C@@H]1c2ccn3c(C)c(C)nc3c2N(C(C)=O)[C@H](c2ccccc2)[C@H]1O[C@@H]1O[C@H](C(=O)OC)[C@@H](OC(=O)C(C)C)[C@H](OC(=O)C(C)C)[C@H]1OC(=O)C(C)C.